The lowest BCUT2D eigenvalue weighted by molar-refractivity contribution is -0.141. The summed E-state index contributed by atoms with van der Waals surface area (Å²) in [7, 11) is 1.01. The number of aromatic nitrogens is 1. The van der Waals surface area contributed by atoms with Crippen LogP contribution in [0, 0.1) is 6.92 Å². The van der Waals surface area contributed by atoms with Crippen LogP contribution in [0.5, 0.6) is 0 Å². The van der Waals surface area contributed by atoms with Crippen molar-refractivity contribution in [3.05, 3.63) is 28.6 Å². The van der Waals surface area contributed by atoms with E-state index >= 15 is 0 Å². The molecule has 0 radical (unpaired) electrons. The summed E-state index contributed by atoms with van der Waals surface area (Å²) in [6, 6.07) is 0. The fraction of sp³-hybridized carbons (Fsp3) is 0.455. The van der Waals surface area contributed by atoms with Crippen LogP contribution in [0.2, 0.25) is 0 Å². The first-order chi connectivity index (χ1) is 8.68. The van der Waals surface area contributed by atoms with Gasteiger partial charge in [-0.15, -0.1) is 0 Å². The van der Waals surface area contributed by atoms with Gasteiger partial charge >= 0.3 is 12.1 Å². The number of pyridine rings is 1. The molecule has 1 heterocycles. The van der Waals surface area contributed by atoms with Crippen molar-refractivity contribution in [3.8, 4) is 0 Å². The highest BCUT2D eigenvalue weighted by atomic mass is 19.4. The average Bonchev–Trinajstić information content (AvgIpc) is 2.29. The van der Waals surface area contributed by atoms with Gasteiger partial charge in [-0.1, -0.05) is 0 Å². The highest BCUT2D eigenvalue weighted by Crippen LogP contribution is 2.35. The standard InChI is InChI=1S/C11H10F5NO2/c1-5-6(3-8(18)19-2)9(10(12)13)17-4-7(5)11(14,15)16/h4,10H,3H2,1-2H3. The van der Waals surface area contributed by atoms with Crippen molar-refractivity contribution >= 4 is 5.97 Å². The van der Waals surface area contributed by atoms with E-state index in [-0.39, 0.29) is 0 Å². The third kappa shape index (κ3) is 3.39. The third-order valence-electron chi connectivity index (χ3n) is 2.56. The molecule has 0 aliphatic carbocycles. The molecule has 106 valence electrons. The normalized spacial score (nSPS) is 11.8. The molecule has 0 saturated heterocycles. The van der Waals surface area contributed by atoms with Gasteiger partial charge in [0.05, 0.1) is 19.1 Å². The van der Waals surface area contributed by atoms with Crippen molar-refractivity contribution < 1.29 is 31.5 Å². The van der Waals surface area contributed by atoms with E-state index in [0.29, 0.717) is 6.20 Å². The summed E-state index contributed by atoms with van der Waals surface area (Å²) in [5.74, 6) is -0.911. The molecule has 1 aromatic rings. The number of nitrogens with zero attached hydrogens (tertiary/aromatic N) is 1. The van der Waals surface area contributed by atoms with Crippen molar-refractivity contribution in [1.29, 1.82) is 0 Å². The lowest BCUT2D eigenvalue weighted by Gasteiger charge is -2.16. The Balaban J connectivity index is 3.40. The molecule has 1 rings (SSSR count). The highest BCUT2D eigenvalue weighted by Gasteiger charge is 2.35. The maximum Gasteiger partial charge on any atom is 0.418 e. The smallest absolute Gasteiger partial charge is 0.418 e. The predicted octanol–water partition coefficient (Wildman–Crippen LogP) is 3.06. The zero-order valence-corrected chi connectivity index (χ0v) is 10.0. The number of halogens is 5. The van der Waals surface area contributed by atoms with Gasteiger partial charge in [-0.2, -0.15) is 13.2 Å². The lowest BCUT2D eigenvalue weighted by atomic mass is 9.99. The Morgan fingerprint density at radius 3 is 2.42 bits per heavy atom. The molecule has 0 aliphatic rings. The monoisotopic (exact) mass is 283 g/mol. The molecular formula is C11H10F5NO2. The van der Waals surface area contributed by atoms with E-state index in [9.17, 15) is 26.7 Å². The number of esters is 1. The van der Waals surface area contributed by atoms with Gasteiger partial charge in [0.25, 0.3) is 6.43 Å². The third-order valence-corrected chi connectivity index (χ3v) is 2.56. The summed E-state index contributed by atoms with van der Waals surface area (Å²) >= 11 is 0. The van der Waals surface area contributed by atoms with E-state index in [1.165, 1.54) is 0 Å². The fourth-order valence-electron chi connectivity index (χ4n) is 1.58. The Kier molecular flexibility index (Phi) is 4.43. The maximum atomic E-state index is 12.7. The van der Waals surface area contributed by atoms with Gasteiger partial charge < -0.3 is 4.74 Å². The van der Waals surface area contributed by atoms with Crippen molar-refractivity contribution in [2.45, 2.75) is 25.9 Å². The molecular weight excluding hydrogens is 273 g/mol. The largest absolute Gasteiger partial charge is 0.469 e. The van der Waals surface area contributed by atoms with Gasteiger partial charge in [0.15, 0.2) is 0 Å². The Labute approximate surface area is 105 Å². The minimum atomic E-state index is -4.72. The lowest BCUT2D eigenvalue weighted by Crippen LogP contribution is -2.16. The van der Waals surface area contributed by atoms with Crippen molar-refractivity contribution in [1.82, 2.24) is 4.98 Å². The van der Waals surface area contributed by atoms with E-state index in [4.69, 9.17) is 0 Å². The molecule has 0 bridgehead atoms. The van der Waals surface area contributed by atoms with E-state index < -0.39 is 47.4 Å². The number of carbonyl (C=O) groups excluding carboxylic acids is 1. The summed E-state index contributed by atoms with van der Waals surface area (Å²) in [5, 5.41) is 0. The van der Waals surface area contributed by atoms with Crippen LogP contribution in [-0.4, -0.2) is 18.1 Å². The molecule has 0 amide bonds. The predicted molar refractivity (Wildman–Crippen MR) is 54.7 cm³/mol. The topological polar surface area (TPSA) is 39.2 Å². The second kappa shape index (κ2) is 5.50. The number of carbonyl (C=O) groups is 1. The molecule has 1 aromatic heterocycles. The summed E-state index contributed by atoms with van der Waals surface area (Å²) in [4.78, 5) is 14.2. The number of ether oxygens (including phenoxy) is 1. The molecule has 0 saturated carbocycles. The number of methoxy groups -OCH3 is 1. The van der Waals surface area contributed by atoms with Crippen LogP contribution in [0.3, 0.4) is 0 Å². The van der Waals surface area contributed by atoms with Crippen molar-refractivity contribution in [2.75, 3.05) is 7.11 Å². The molecule has 0 unspecified atom stereocenters. The van der Waals surface area contributed by atoms with E-state index in [2.05, 4.69) is 9.72 Å². The van der Waals surface area contributed by atoms with E-state index in [1.54, 1.807) is 0 Å². The molecule has 0 aromatic carbocycles. The Bertz CT molecular complexity index is 485. The van der Waals surface area contributed by atoms with Gasteiger partial charge in [0.2, 0.25) is 0 Å². The van der Waals surface area contributed by atoms with Crippen LogP contribution in [0.4, 0.5) is 22.0 Å². The van der Waals surface area contributed by atoms with Gasteiger partial charge in [-0.25, -0.2) is 8.78 Å². The quantitative estimate of drug-likeness (QED) is 0.632. The molecule has 0 aliphatic heterocycles. The van der Waals surface area contributed by atoms with Gasteiger partial charge in [-0.3, -0.25) is 9.78 Å². The second-order valence-corrected chi connectivity index (χ2v) is 3.71. The summed E-state index contributed by atoms with van der Waals surface area (Å²) < 4.78 is 67.6. The summed E-state index contributed by atoms with van der Waals surface area (Å²) in [6.45, 7) is 1.02. The number of hydrogen-bond donors (Lipinski definition) is 0. The van der Waals surface area contributed by atoms with Crippen LogP contribution in [0.15, 0.2) is 6.20 Å². The van der Waals surface area contributed by atoms with Gasteiger partial charge in [0.1, 0.15) is 5.69 Å². The molecule has 0 fully saturated rings. The molecule has 8 heteroatoms. The molecule has 3 nitrogen and oxygen atoms in total. The molecule has 0 spiro atoms. The van der Waals surface area contributed by atoms with Crippen LogP contribution in [0.25, 0.3) is 0 Å². The first-order valence-corrected chi connectivity index (χ1v) is 5.09. The number of rotatable bonds is 3. The molecule has 0 N–H and O–H groups in total. The van der Waals surface area contributed by atoms with Crippen LogP contribution in [-0.2, 0) is 22.1 Å². The fourth-order valence-corrected chi connectivity index (χ4v) is 1.58. The minimum Gasteiger partial charge on any atom is -0.469 e. The Hall–Kier alpha value is -1.73. The van der Waals surface area contributed by atoms with E-state index in [0.717, 1.165) is 14.0 Å². The first-order valence-electron chi connectivity index (χ1n) is 5.09. The zero-order valence-electron chi connectivity index (χ0n) is 10.0. The summed E-state index contributed by atoms with van der Waals surface area (Å²) in [6.07, 6.45) is -8.13. The summed E-state index contributed by atoms with van der Waals surface area (Å²) in [5.41, 5.74) is -2.87. The van der Waals surface area contributed by atoms with Crippen molar-refractivity contribution in [3.63, 3.8) is 0 Å². The highest BCUT2D eigenvalue weighted by molar-refractivity contribution is 5.73. The molecule has 19 heavy (non-hydrogen) atoms. The van der Waals surface area contributed by atoms with Crippen LogP contribution >= 0.6 is 0 Å². The number of hydrogen-bond acceptors (Lipinski definition) is 3. The maximum absolute atomic E-state index is 12.7. The first kappa shape index (κ1) is 15.3. The zero-order chi connectivity index (χ0) is 14.8. The average molecular weight is 283 g/mol. The number of alkyl halides is 5. The van der Waals surface area contributed by atoms with Crippen LogP contribution in [0.1, 0.15) is 28.8 Å². The second-order valence-electron chi connectivity index (χ2n) is 3.71. The Morgan fingerprint density at radius 1 is 1.42 bits per heavy atom. The molecule has 0 atom stereocenters. The van der Waals surface area contributed by atoms with Gasteiger partial charge in [-0.05, 0) is 18.1 Å². The minimum absolute atomic E-state index is 0.345. The van der Waals surface area contributed by atoms with Gasteiger partial charge in [0, 0.05) is 6.20 Å². The van der Waals surface area contributed by atoms with E-state index in [1.807, 2.05) is 0 Å². The SMILES string of the molecule is COC(=O)Cc1c(C(F)F)ncc(C(F)(F)F)c1C. The van der Waals surface area contributed by atoms with Crippen molar-refractivity contribution in [2.24, 2.45) is 0 Å². The van der Waals surface area contributed by atoms with Crippen LogP contribution < -0.4 is 0 Å². The Morgan fingerprint density at radius 2 is 2.00 bits per heavy atom.